The maximum Gasteiger partial charge on any atom is 0.0762 e. The van der Waals surface area contributed by atoms with E-state index in [2.05, 4.69) is 59.5 Å². The highest BCUT2D eigenvalue weighted by molar-refractivity contribution is 5.18. The summed E-state index contributed by atoms with van der Waals surface area (Å²) in [5.74, 6) is 0. The van der Waals surface area contributed by atoms with E-state index in [1.165, 1.54) is 31.2 Å². The summed E-state index contributed by atoms with van der Waals surface area (Å²) >= 11 is 0. The predicted octanol–water partition coefficient (Wildman–Crippen LogP) is 4.24. The normalized spacial score (nSPS) is 17.2. The molecule has 0 saturated heterocycles. The predicted molar refractivity (Wildman–Crippen MR) is 86.0 cm³/mol. The van der Waals surface area contributed by atoms with Crippen LogP contribution in [0.5, 0.6) is 0 Å². The first kappa shape index (κ1) is 14.3. The molecular formula is C18H25N3. The monoisotopic (exact) mass is 283 g/mol. The average molecular weight is 283 g/mol. The fraction of sp³-hybridized carbons (Fsp3) is 0.500. The Bertz CT molecular complexity index is 541. The highest BCUT2D eigenvalue weighted by Crippen LogP contribution is 2.28. The Hall–Kier alpha value is -1.61. The van der Waals surface area contributed by atoms with Crippen molar-refractivity contribution in [3.63, 3.8) is 0 Å². The van der Waals surface area contributed by atoms with Crippen LogP contribution in [0.15, 0.2) is 42.6 Å². The molecule has 0 amide bonds. The van der Waals surface area contributed by atoms with Gasteiger partial charge in [-0.3, -0.25) is 4.68 Å². The van der Waals surface area contributed by atoms with E-state index in [0.29, 0.717) is 12.1 Å². The Kier molecular flexibility index (Phi) is 4.71. The summed E-state index contributed by atoms with van der Waals surface area (Å²) in [5, 5.41) is 8.38. The lowest BCUT2D eigenvalue weighted by Crippen LogP contribution is -2.20. The van der Waals surface area contributed by atoms with Crippen molar-refractivity contribution in [1.82, 2.24) is 15.1 Å². The minimum absolute atomic E-state index is 0.405. The Labute approximate surface area is 127 Å². The molecule has 1 unspecified atom stereocenters. The molecule has 1 aromatic heterocycles. The van der Waals surface area contributed by atoms with Gasteiger partial charge in [0.1, 0.15) is 0 Å². The van der Waals surface area contributed by atoms with Gasteiger partial charge in [-0.15, -0.1) is 0 Å². The second kappa shape index (κ2) is 6.90. The number of rotatable bonds is 6. The summed E-state index contributed by atoms with van der Waals surface area (Å²) in [6.45, 7) is 3.06. The molecule has 112 valence electrons. The molecule has 21 heavy (non-hydrogen) atoms. The molecule has 1 N–H and O–H groups in total. The van der Waals surface area contributed by atoms with Crippen LogP contribution in [0.1, 0.15) is 62.4 Å². The zero-order valence-corrected chi connectivity index (χ0v) is 12.8. The van der Waals surface area contributed by atoms with Crippen molar-refractivity contribution in [2.75, 3.05) is 0 Å². The summed E-state index contributed by atoms with van der Waals surface area (Å²) in [7, 11) is 0. The molecule has 1 aliphatic rings. The van der Waals surface area contributed by atoms with Gasteiger partial charge >= 0.3 is 0 Å². The van der Waals surface area contributed by atoms with Crippen LogP contribution < -0.4 is 5.32 Å². The van der Waals surface area contributed by atoms with Gasteiger partial charge in [-0.25, -0.2) is 0 Å². The molecule has 2 aromatic rings. The summed E-state index contributed by atoms with van der Waals surface area (Å²) in [4.78, 5) is 0. The molecule has 3 rings (SSSR count). The van der Waals surface area contributed by atoms with E-state index in [1.54, 1.807) is 0 Å². The van der Waals surface area contributed by atoms with Crippen LogP contribution in [-0.2, 0) is 6.54 Å². The highest BCUT2D eigenvalue weighted by Gasteiger charge is 2.17. The van der Waals surface area contributed by atoms with Crippen LogP contribution in [0.25, 0.3) is 0 Å². The van der Waals surface area contributed by atoms with E-state index < -0.39 is 0 Å². The van der Waals surface area contributed by atoms with Crippen molar-refractivity contribution in [2.45, 2.75) is 57.7 Å². The van der Waals surface area contributed by atoms with Gasteiger partial charge < -0.3 is 5.32 Å². The lowest BCUT2D eigenvalue weighted by molar-refractivity contribution is 0.455. The Balaban J connectivity index is 1.59. The quantitative estimate of drug-likeness (QED) is 0.859. The third-order valence-corrected chi connectivity index (χ3v) is 4.50. The lowest BCUT2D eigenvalue weighted by Gasteiger charge is -2.16. The Morgan fingerprint density at radius 3 is 2.67 bits per heavy atom. The SMILES string of the molecule is CCC(NCc1ccn(C2CCCC2)n1)c1ccccc1. The average Bonchev–Trinajstić information content (AvgIpc) is 3.20. The zero-order chi connectivity index (χ0) is 14.5. The van der Waals surface area contributed by atoms with E-state index in [0.717, 1.165) is 18.7 Å². The maximum absolute atomic E-state index is 4.75. The summed E-state index contributed by atoms with van der Waals surface area (Å²) in [6, 6.07) is 13.9. The van der Waals surface area contributed by atoms with Gasteiger partial charge in [0.05, 0.1) is 11.7 Å². The largest absolute Gasteiger partial charge is 0.304 e. The van der Waals surface area contributed by atoms with Crippen LogP contribution >= 0.6 is 0 Å². The number of benzene rings is 1. The number of hydrogen-bond acceptors (Lipinski definition) is 2. The van der Waals surface area contributed by atoms with E-state index in [9.17, 15) is 0 Å². The van der Waals surface area contributed by atoms with Gasteiger partial charge in [0.25, 0.3) is 0 Å². The van der Waals surface area contributed by atoms with Gasteiger partial charge in [-0.05, 0) is 30.9 Å². The van der Waals surface area contributed by atoms with Crippen LogP contribution in [0.2, 0.25) is 0 Å². The van der Waals surface area contributed by atoms with Gasteiger partial charge in [-0.2, -0.15) is 5.10 Å². The smallest absolute Gasteiger partial charge is 0.0762 e. The van der Waals surface area contributed by atoms with Gasteiger partial charge in [0.15, 0.2) is 0 Å². The molecule has 1 aromatic carbocycles. The van der Waals surface area contributed by atoms with Crippen molar-refractivity contribution < 1.29 is 0 Å². The second-order valence-corrected chi connectivity index (χ2v) is 5.98. The van der Waals surface area contributed by atoms with Gasteiger partial charge in [0.2, 0.25) is 0 Å². The molecular weight excluding hydrogens is 258 g/mol. The van der Waals surface area contributed by atoms with Crippen molar-refractivity contribution in [1.29, 1.82) is 0 Å². The zero-order valence-electron chi connectivity index (χ0n) is 12.8. The fourth-order valence-electron chi connectivity index (χ4n) is 3.25. The summed E-state index contributed by atoms with van der Waals surface area (Å²) < 4.78 is 2.17. The lowest BCUT2D eigenvalue weighted by atomic mass is 10.0. The molecule has 0 bridgehead atoms. The van der Waals surface area contributed by atoms with E-state index >= 15 is 0 Å². The van der Waals surface area contributed by atoms with E-state index in [-0.39, 0.29) is 0 Å². The molecule has 1 heterocycles. The minimum Gasteiger partial charge on any atom is -0.304 e. The third-order valence-electron chi connectivity index (χ3n) is 4.50. The van der Waals surface area contributed by atoms with Crippen LogP contribution in [0, 0.1) is 0 Å². The molecule has 1 saturated carbocycles. The number of nitrogens with one attached hydrogen (secondary N) is 1. The van der Waals surface area contributed by atoms with E-state index in [1.807, 2.05) is 0 Å². The summed E-state index contributed by atoms with van der Waals surface area (Å²) in [6.07, 6.45) is 8.52. The number of nitrogens with zero attached hydrogens (tertiary/aromatic N) is 2. The maximum atomic E-state index is 4.75. The molecule has 0 spiro atoms. The second-order valence-electron chi connectivity index (χ2n) is 5.98. The fourth-order valence-corrected chi connectivity index (χ4v) is 3.25. The van der Waals surface area contributed by atoms with Crippen molar-refractivity contribution in [3.05, 3.63) is 53.9 Å². The molecule has 0 radical (unpaired) electrons. The Morgan fingerprint density at radius 1 is 1.19 bits per heavy atom. The van der Waals surface area contributed by atoms with Crippen molar-refractivity contribution in [3.8, 4) is 0 Å². The first-order chi connectivity index (χ1) is 10.4. The molecule has 0 aliphatic heterocycles. The van der Waals surface area contributed by atoms with Crippen LogP contribution in [0.3, 0.4) is 0 Å². The van der Waals surface area contributed by atoms with Crippen molar-refractivity contribution in [2.24, 2.45) is 0 Å². The van der Waals surface area contributed by atoms with Gasteiger partial charge in [-0.1, -0.05) is 50.1 Å². The highest BCUT2D eigenvalue weighted by atomic mass is 15.3. The van der Waals surface area contributed by atoms with Crippen LogP contribution in [-0.4, -0.2) is 9.78 Å². The number of hydrogen-bond donors (Lipinski definition) is 1. The van der Waals surface area contributed by atoms with Gasteiger partial charge in [0, 0.05) is 18.8 Å². The number of aromatic nitrogens is 2. The molecule has 1 aliphatic carbocycles. The molecule has 1 fully saturated rings. The minimum atomic E-state index is 0.405. The third kappa shape index (κ3) is 3.53. The molecule has 3 heteroatoms. The topological polar surface area (TPSA) is 29.9 Å². The standard InChI is InChI=1S/C18H25N3/c1-2-18(15-8-4-3-5-9-15)19-14-16-12-13-21(20-16)17-10-6-7-11-17/h3-5,8-9,12-13,17-19H,2,6-7,10-11,14H2,1H3. The van der Waals surface area contributed by atoms with Crippen molar-refractivity contribution >= 4 is 0 Å². The van der Waals surface area contributed by atoms with Crippen LogP contribution in [0.4, 0.5) is 0 Å². The Morgan fingerprint density at radius 2 is 1.95 bits per heavy atom. The summed E-state index contributed by atoms with van der Waals surface area (Å²) in [5.41, 5.74) is 2.51. The first-order valence-corrected chi connectivity index (χ1v) is 8.19. The molecule has 1 atom stereocenters. The van der Waals surface area contributed by atoms with E-state index in [4.69, 9.17) is 5.10 Å². The molecule has 3 nitrogen and oxygen atoms in total. The first-order valence-electron chi connectivity index (χ1n) is 8.19.